The van der Waals surface area contributed by atoms with Gasteiger partial charge in [-0.25, -0.2) is 4.79 Å². The zero-order valence-corrected chi connectivity index (χ0v) is 16.1. The van der Waals surface area contributed by atoms with E-state index in [0.29, 0.717) is 6.54 Å². The lowest BCUT2D eigenvalue weighted by molar-refractivity contribution is 0.251. The second kappa shape index (κ2) is 7.72. The lowest BCUT2D eigenvalue weighted by Crippen LogP contribution is -2.28. The summed E-state index contributed by atoms with van der Waals surface area (Å²) in [5.41, 5.74) is 7.24. The second-order valence-electron chi connectivity index (χ2n) is 7.07. The largest absolute Gasteiger partial charge is 0.493 e. The fourth-order valence-corrected chi connectivity index (χ4v) is 3.29. The van der Waals surface area contributed by atoms with Crippen LogP contribution in [0.3, 0.4) is 0 Å². The number of fused-ring (bicyclic) bond motifs is 1. The molecule has 2 amide bonds. The number of ether oxygens (including phenoxy) is 1. The predicted molar refractivity (Wildman–Crippen MR) is 111 cm³/mol. The molecule has 2 N–H and O–H groups in total. The number of nitrogens with one attached hydrogen (secondary N) is 2. The summed E-state index contributed by atoms with van der Waals surface area (Å²) < 4.78 is 5.57. The van der Waals surface area contributed by atoms with Crippen LogP contribution >= 0.6 is 0 Å². The van der Waals surface area contributed by atoms with Gasteiger partial charge in [0, 0.05) is 30.5 Å². The summed E-state index contributed by atoms with van der Waals surface area (Å²) in [6.07, 6.45) is 2.73. The number of benzene rings is 2. The quantitative estimate of drug-likeness (QED) is 0.701. The molecule has 0 bridgehead atoms. The number of anilines is 1. The zero-order chi connectivity index (χ0) is 19.5. The Morgan fingerprint density at radius 2 is 1.86 bits per heavy atom. The third kappa shape index (κ3) is 3.98. The van der Waals surface area contributed by atoms with Crippen molar-refractivity contribution in [3.8, 4) is 16.9 Å². The molecule has 28 heavy (non-hydrogen) atoms. The molecule has 0 fully saturated rings. The number of hydrogen-bond acceptors (Lipinski definition) is 3. The maximum atomic E-state index is 12.2. The number of amides is 2. The van der Waals surface area contributed by atoms with Gasteiger partial charge in [-0.1, -0.05) is 30.3 Å². The lowest BCUT2D eigenvalue weighted by atomic mass is 10.0. The van der Waals surface area contributed by atoms with Crippen LogP contribution in [0, 0.1) is 13.8 Å². The van der Waals surface area contributed by atoms with Crippen molar-refractivity contribution in [1.82, 2.24) is 10.3 Å². The molecular formula is C23H23N3O2. The average molecular weight is 373 g/mol. The number of urea groups is 1. The van der Waals surface area contributed by atoms with Crippen molar-refractivity contribution < 1.29 is 9.53 Å². The van der Waals surface area contributed by atoms with Crippen LogP contribution in [0.25, 0.3) is 11.1 Å². The molecule has 0 atom stereocenters. The molecule has 3 aromatic rings. The molecule has 142 valence electrons. The molecule has 1 aromatic heterocycles. The molecule has 5 heteroatoms. The van der Waals surface area contributed by atoms with Crippen molar-refractivity contribution in [3.63, 3.8) is 0 Å². The minimum absolute atomic E-state index is 0.226. The van der Waals surface area contributed by atoms with Crippen LogP contribution in [0.5, 0.6) is 5.75 Å². The first kappa shape index (κ1) is 18.0. The van der Waals surface area contributed by atoms with Crippen LogP contribution in [0.15, 0.2) is 54.7 Å². The van der Waals surface area contributed by atoms with E-state index in [1.165, 1.54) is 11.1 Å². The highest BCUT2D eigenvalue weighted by atomic mass is 16.5. The maximum absolute atomic E-state index is 12.2. The van der Waals surface area contributed by atoms with E-state index in [2.05, 4.69) is 39.9 Å². The van der Waals surface area contributed by atoms with Gasteiger partial charge < -0.3 is 15.4 Å². The van der Waals surface area contributed by atoms with Crippen LogP contribution in [-0.4, -0.2) is 17.6 Å². The van der Waals surface area contributed by atoms with Gasteiger partial charge in [-0.05, 0) is 59.9 Å². The van der Waals surface area contributed by atoms with Crippen molar-refractivity contribution in [1.29, 1.82) is 0 Å². The van der Waals surface area contributed by atoms with Gasteiger partial charge in [-0.3, -0.25) is 4.98 Å². The van der Waals surface area contributed by atoms with Crippen LogP contribution in [0.1, 0.15) is 22.4 Å². The summed E-state index contributed by atoms with van der Waals surface area (Å²) in [5.74, 6) is 0.996. The Balaban J connectivity index is 1.37. The van der Waals surface area contributed by atoms with Gasteiger partial charge in [0.2, 0.25) is 0 Å². The van der Waals surface area contributed by atoms with Gasteiger partial charge in [0.05, 0.1) is 6.61 Å². The Bertz CT molecular complexity index is 1010. The van der Waals surface area contributed by atoms with Crippen molar-refractivity contribution in [2.45, 2.75) is 26.8 Å². The summed E-state index contributed by atoms with van der Waals surface area (Å²) >= 11 is 0. The molecule has 2 aromatic carbocycles. The van der Waals surface area contributed by atoms with Gasteiger partial charge in [0.1, 0.15) is 5.75 Å². The standard InChI is InChI=1S/C23H23N3O2/c1-15-13-24-16(2)11-21(15)26-23(27)25-14-17-3-5-18(6-4-17)19-7-8-22-20(12-19)9-10-28-22/h3-8,11-13H,9-10,14H2,1-2H3,(H2,24,25,26,27). The fourth-order valence-electron chi connectivity index (χ4n) is 3.29. The van der Waals surface area contributed by atoms with Crippen molar-refractivity contribution in [3.05, 3.63) is 77.1 Å². The summed E-state index contributed by atoms with van der Waals surface area (Å²) in [6, 6.07) is 16.2. The number of carbonyl (C=O) groups is 1. The molecule has 2 heterocycles. The second-order valence-corrected chi connectivity index (χ2v) is 7.07. The Hall–Kier alpha value is -3.34. The zero-order valence-electron chi connectivity index (χ0n) is 16.1. The van der Waals surface area contributed by atoms with E-state index >= 15 is 0 Å². The lowest BCUT2D eigenvalue weighted by Gasteiger charge is -2.11. The van der Waals surface area contributed by atoms with E-state index in [4.69, 9.17) is 4.74 Å². The van der Waals surface area contributed by atoms with E-state index in [9.17, 15) is 4.79 Å². The van der Waals surface area contributed by atoms with Crippen molar-refractivity contribution >= 4 is 11.7 Å². The first-order valence-corrected chi connectivity index (χ1v) is 9.41. The van der Waals surface area contributed by atoms with E-state index in [1.807, 2.05) is 38.1 Å². The topological polar surface area (TPSA) is 63.2 Å². The molecule has 0 saturated carbocycles. The number of aryl methyl sites for hydroxylation is 2. The van der Waals surface area contributed by atoms with Gasteiger partial charge in [0.25, 0.3) is 0 Å². The Kier molecular flexibility index (Phi) is 4.98. The number of nitrogens with zero attached hydrogens (tertiary/aromatic N) is 1. The first-order chi connectivity index (χ1) is 13.6. The third-order valence-corrected chi connectivity index (χ3v) is 4.92. The summed E-state index contributed by atoms with van der Waals surface area (Å²) in [7, 11) is 0. The van der Waals surface area contributed by atoms with Gasteiger partial charge in [0.15, 0.2) is 0 Å². The highest BCUT2D eigenvalue weighted by Gasteiger charge is 2.12. The van der Waals surface area contributed by atoms with Crippen molar-refractivity contribution in [2.24, 2.45) is 0 Å². The van der Waals surface area contributed by atoms with E-state index < -0.39 is 0 Å². The van der Waals surface area contributed by atoms with Crippen LogP contribution in [0.2, 0.25) is 0 Å². The molecule has 5 nitrogen and oxygen atoms in total. The maximum Gasteiger partial charge on any atom is 0.319 e. The van der Waals surface area contributed by atoms with Crippen molar-refractivity contribution in [2.75, 3.05) is 11.9 Å². The van der Waals surface area contributed by atoms with Crippen LogP contribution < -0.4 is 15.4 Å². The molecule has 1 aliphatic rings. The molecule has 0 unspecified atom stereocenters. The van der Waals surface area contributed by atoms with E-state index in [0.717, 1.165) is 46.8 Å². The Labute approximate surface area is 164 Å². The smallest absolute Gasteiger partial charge is 0.319 e. The minimum atomic E-state index is -0.226. The molecule has 4 rings (SSSR count). The minimum Gasteiger partial charge on any atom is -0.493 e. The number of pyridine rings is 1. The van der Waals surface area contributed by atoms with E-state index in [1.54, 1.807) is 6.20 Å². The normalized spacial score (nSPS) is 12.2. The highest BCUT2D eigenvalue weighted by Crippen LogP contribution is 2.30. The number of rotatable bonds is 4. The fraction of sp³-hybridized carbons (Fsp3) is 0.217. The third-order valence-electron chi connectivity index (χ3n) is 4.92. The van der Waals surface area contributed by atoms with Gasteiger partial charge in [-0.15, -0.1) is 0 Å². The van der Waals surface area contributed by atoms with Crippen LogP contribution in [0.4, 0.5) is 10.5 Å². The number of hydrogen-bond donors (Lipinski definition) is 2. The predicted octanol–water partition coefficient (Wildman–Crippen LogP) is 4.62. The molecule has 0 radical (unpaired) electrons. The Morgan fingerprint density at radius 1 is 1.07 bits per heavy atom. The van der Waals surface area contributed by atoms with E-state index in [-0.39, 0.29) is 6.03 Å². The number of carbonyl (C=O) groups excluding carboxylic acids is 1. The molecular weight excluding hydrogens is 350 g/mol. The SMILES string of the molecule is Cc1cc(NC(=O)NCc2ccc(-c3ccc4c(c3)CCO4)cc2)c(C)cn1. The average Bonchev–Trinajstić information content (AvgIpc) is 3.17. The summed E-state index contributed by atoms with van der Waals surface area (Å²) in [5, 5.41) is 5.78. The molecule has 0 saturated heterocycles. The Morgan fingerprint density at radius 3 is 2.68 bits per heavy atom. The molecule has 1 aliphatic heterocycles. The monoisotopic (exact) mass is 373 g/mol. The molecule has 0 aliphatic carbocycles. The van der Waals surface area contributed by atoms with Crippen LogP contribution in [-0.2, 0) is 13.0 Å². The van der Waals surface area contributed by atoms with Gasteiger partial charge >= 0.3 is 6.03 Å². The number of aromatic nitrogens is 1. The molecule has 0 spiro atoms. The summed E-state index contributed by atoms with van der Waals surface area (Å²) in [6.45, 7) is 5.06. The first-order valence-electron chi connectivity index (χ1n) is 9.41. The highest BCUT2D eigenvalue weighted by molar-refractivity contribution is 5.90. The van der Waals surface area contributed by atoms with Gasteiger partial charge in [-0.2, -0.15) is 0 Å². The summed E-state index contributed by atoms with van der Waals surface area (Å²) in [4.78, 5) is 16.4.